The van der Waals surface area contributed by atoms with E-state index in [4.69, 9.17) is 27.9 Å². The second-order valence-corrected chi connectivity index (χ2v) is 6.45. The number of anilines is 1. The zero-order valence-electron chi connectivity index (χ0n) is 16.0. The maximum atomic E-state index is 12.7. The summed E-state index contributed by atoms with van der Waals surface area (Å²) in [5.74, 6) is -0.501. The van der Waals surface area contributed by atoms with E-state index in [1.54, 1.807) is 6.92 Å². The Balaban J connectivity index is 1.97. The number of hydrogen-bond donors (Lipinski definition) is 4. The SMILES string of the molecule is Cc1c(Cl)nc(NCCc2ccccc2)c(=O)n1CC(=O)NCCON=C(N)N. The van der Waals surface area contributed by atoms with Crippen molar-refractivity contribution in [1.29, 1.82) is 0 Å². The topological polar surface area (TPSA) is 150 Å². The van der Waals surface area contributed by atoms with Crippen LogP contribution in [0.4, 0.5) is 5.82 Å². The van der Waals surface area contributed by atoms with Crippen molar-refractivity contribution in [3.63, 3.8) is 0 Å². The molecule has 2 rings (SSSR count). The summed E-state index contributed by atoms with van der Waals surface area (Å²) >= 11 is 6.14. The Morgan fingerprint density at radius 1 is 1.28 bits per heavy atom. The van der Waals surface area contributed by atoms with Crippen molar-refractivity contribution in [3.05, 3.63) is 57.1 Å². The number of benzene rings is 1. The number of oxime groups is 1. The summed E-state index contributed by atoms with van der Waals surface area (Å²) in [5.41, 5.74) is 11.3. The van der Waals surface area contributed by atoms with E-state index in [2.05, 4.69) is 20.8 Å². The lowest BCUT2D eigenvalue weighted by Gasteiger charge is -2.14. The molecule has 0 aliphatic carbocycles. The minimum atomic E-state index is -0.424. The number of aromatic nitrogens is 2. The third-order valence-corrected chi connectivity index (χ3v) is 4.26. The highest BCUT2D eigenvalue weighted by atomic mass is 35.5. The van der Waals surface area contributed by atoms with Crippen LogP contribution in [0.2, 0.25) is 5.15 Å². The summed E-state index contributed by atoms with van der Waals surface area (Å²) in [5, 5.41) is 9.09. The lowest BCUT2D eigenvalue weighted by atomic mass is 10.1. The molecule has 1 heterocycles. The first-order chi connectivity index (χ1) is 13.9. The number of nitrogens with two attached hydrogens (primary N) is 2. The largest absolute Gasteiger partial charge is 0.391 e. The van der Waals surface area contributed by atoms with Crippen LogP contribution in [0.3, 0.4) is 0 Å². The van der Waals surface area contributed by atoms with Gasteiger partial charge in [0.15, 0.2) is 11.0 Å². The highest BCUT2D eigenvalue weighted by Crippen LogP contribution is 2.12. The number of hydrogen-bond acceptors (Lipinski definition) is 6. The summed E-state index contributed by atoms with van der Waals surface area (Å²) in [6.45, 7) is 2.17. The average Bonchev–Trinajstić information content (AvgIpc) is 2.69. The normalized spacial score (nSPS) is 10.3. The minimum absolute atomic E-state index is 0.0842. The number of nitrogens with one attached hydrogen (secondary N) is 2. The molecule has 6 N–H and O–H groups in total. The second-order valence-electron chi connectivity index (χ2n) is 6.09. The Kier molecular flexibility index (Phi) is 8.28. The average molecular weight is 422 g/mol. The predicted molar refractivity (Wildman–Crippen MR) is 112 cm³/mol. The monoisotopic (exact) mass is 421 g/mol. The van der Waals surface area contributed by atoms with Crippen LogP contribution < -0.4 is 27.7 Å². The molecule has 0 radical (unpaired) electrons. The quantitative estimate of drug-likeness (QED) is 0.185. The van der Waals surface area contributed by atoms with Gasteiger partial charge in [0.25, 0.3) is 5.56 Å². The fraction of sp³-hybridized carbons (Fsp3) is 0.333. The molecule has 1 aromatic heterocycles. The van der Waals surface area contributed by atoms with Crippen LogP contribution >= 0.6 is 11.6 Å². The molecule has 0 saturated carbocycles. The summed E-state index contributed by atoms with van der Waals surface area (Å²) in [6.07, 6.45) is 0.712. The number of amides is 1. The minimum Gasteiger partial charge on any atom is -0.391 e. The molecule has 29 heavy (non-hydrogen) atoms. The molecular weight excluding hydrogens is 398 g/mol. The van der Waals surface area contributed by atoms with E-state index in [1.807, 2.05) is 30.3 Å². The van der Waals surface area contributed by atoms with E-state index < -0.39 is 5.56 Å². The second kappa shape index (κ2) is 10.9. The third-order valence-electron chi connectivity index (χ3n) is 3.90. The number of carbonyl (C=O) groups is 1. The van der Waals surface area contributed by atoms with Gasteiger partial charge in [0.05, 0.1) is 12.2 Å². The Bertz CT molecular complexity index is 912. The van der Waals surface area contributed by atoms with Crippen molar-refractivity contribution >= 4 is 29.3 Å². The van der Waals surface area contributed by atoms with Crippen molar-refractivity contribution < 1.29 is 9.63 Å². The first kappa shape index (κ1) is 22.0. The van der Waals surface area contributed by atoms with Gasteiger partial charge in [-0.05, 0) is 24.1 Å². The molecule has 10 nitrogen and oxygen atoms in total. The number of carbonyl (C=O) groups excluding carboxylic acids is 1. The first-order valence-electron chi connectivity index (χ1n) is 8.90. The van der Waals surface area contributed by atoms with Crippen LogP contribution in [-0.2, 0) is 22.6 Å². The van der Waals surface area contributed by atoms with Crippen LogP contribution in [0.25, 0.3) is 0 Å². The zero-order valence-corrected chi connectivity index (χ0v) is 16.8. The number of rotatable bonds is 10. The Hall–Kier alpha value is -3.27. The van der Waals surface area contributed by atoms with E-state index in [9.17, 15) is 9.59 Å². The Morgan fingerprint density at radius 3 is 2.69 bits per heavy atom. The molecule has 0 aliphatic heterocycles. The third kappa shape index (κ3) is 7.00. The first-order valence-corrected chi connectivity index (χ1v) is 9.28. The van der Waals surface area contributed by atoms with Gasteiger partial charge in [-0.15, -0.1) is 0 Å². The molecule has 0 spiro atoms. The van der Waals surface area contributed by atoms with Crippen molar-refractivity contribution in [2.75, 3.05) is 25.0 Å². The fourth-order valence-corrected chi connectivity index (χ4v) is 2.64. The van der Waals surface area contributed by atoms with Crippen molar-refractivity contribution in [2.45, 2.75) is 19.9 Å². The van der Waals surface area contributed by atoms with Gasteiger partial charge in [-0.2, -0.15) is 0 Å². The summed E-state index contributed by atoms with van der Waals surface area (Å²) in [6, 6.07) is 9.83. The summed E-state index contributed by atoms with van der Waals surface area (Å²) in [4.78, 5) is 33.7. The van der Waals surface area contributed by atoms with E-state index in [1.165, 1.54) is 4.57 Å². The highest BCUT2D eigenvalue weighted by Gasteiger charge is 2.15. The molecule has 11 heteroatoms. The van der Waals surface area contributed by atoms with Crippen molar-refractivity contribution in [1.82, 2.24) is 14.9 Å². The zero-order chi connectivity index (χ0) is 21.2. The lowest BCUT2D eigenvalue weighted by molar-refractivity contribution is -0.122. The van der Waals surface area contributed by atoms with Gasteiger partial charge in [0.1, 0.15) is 13.2 Å². The standard InChI is InChI=1S/C18H24ClN7O3/c1-12-15(19)24-16(23-8-7-13-5-3-2-4-6-13)17(28)26(12)11-14(27)22-9-10-29-25-18(20)21/h2-6H,7-11H2,1H3,(H,22,27)(H,23,24)(H4,20,21,25). The maximum Gasteiger partial charge on any atom is 0.294 e. The van der Waals surface area contributed by atoms with Gasteiger partial charge in [0, 0.05) is 6.54 Å². The van der Waals surface area contributed by atoms with Gasteiger partial charge in [-0.1, -0.05) is 41.9 Å². The maximum absolute atomic E-state index is 12.7. The lowest BCUT2D eigenvalue weighted by Crippen LogP contribution is -2.36. The number of guanidine groups is 1. The number of nitrogens with zero attached hydrogens (tertiary/aromatic N) is 3. The van der Waals surface area contributed by atoms with Crippen molar-refractivity contribution in [2.24, 2.45) is 16.6 Å². The van der Waals surface area contributed by atoms with Crippen LogP contribution in [0.5, 0.6) is 0 Å². The highest BCUT2D eigenvalue weighted by molar-refractivity contribution is 6.30. The molecule has 0 saturated heterocycles. The summed E-state index contributed by atoms with van der Waals surface area (Å²) in [7, 11) is 0. The smallest absolute Gasteiger partial charge is 0.294 e. The Labute approximate surface area is 172 Å². The van der Waals surface area contributed by atoms with Gasteiger partial charge in [0.2, 0.25) is 11.9 Å². The van der Waals surface area contributed by atoms with Crippen LogP contribution in [0.1, 0.15) is 11.3 Å². The molecule has 1 aromatic carbocycles. The van der Waals surface area contributed by atoms with Gasteiger partial charge >= 0.3 is 0 Å². The molecular formula is C18H24ClN7O3. The molecule has 0 unspecified atom stereocenters. The van der Waals surface area contributed by atoms with Crippen LogP contribution in [0.15, 0.2) is 40.3 Å². The van der Waals surface area contributed by atoms with Crippen LogP contribution in [-0.4, -0.2) is 41.1 Å². The van der Waals surface area contributed by atoms with E-state index in [-0.39, 0.29) is 42.5 Å². The van der Waals surface area contributed by atoms with E-state index in [0.29, 0.717) is 18.7 Å². The molecule has 0 bridgehead atoms. The van der Waals surface area contributed by atoms with E-state index in [0.717, 1.165) is 5.56 Å². The van der Waals surface area contributed by atoms with E-state index >= 15 is 0 Å². The number of halogens is 1. The predicted octanol–water partition coefficient (Wildman–Crippen LogP) is 0.181. The molecule has 1 amide bonds. The molecule has 0 atom stereocenters. The molecule has 156 valence electrons. The molecule has 0 fully saturated rings. The van der Waals surface area contributed by atoms with Gasteiger partial charge in [-0.25, -0.2) is 4.98 Å². The summed E-state index contributed by atoms with van der Waals surface area (Å²) < 4.78 is 1.27. The van der Waals surface area contributed by atoms with Gasteiger partial charge < -0.3 is 26.9 Å². The van der Waals surface area contributed by atoms with Gasteiger partial charge in [-0.3, -0.25) is 14.2 Å². The molecule has 2 aromatic rings. The fourth-order valence-electron chi connectivity index (χ4n) is 2.45. The van der Waals surface area contributed by atoms with Crippen molar-refractivity contribution in [3.8, 4) is 0 Å². The Morgan fingerprint density at radius 2 is 2.00 bits per heavy atom. The van der Waals surface area contributed by atoms with Crippen LogP contribution in [0, 0.1) is 6.92 Å². The molecule has 0 aliphatic rings.